The first-order chi connectivity index (χ1) is 14.2. The topological polar surface area (TPSA) is 71.4 Å². The van der Waals surface area contributed by atoms with Crippen LogP contribution in [0.5, 0.6) is 0 Å². The van der Waals surface area contributed by atoms with Crippen molar-refractivity contribution in [3.63, 3.8) is 0 Å². The van der Waals surface area contributed by atoms with Gasteiger partial charge in [-0.1, -0.05) is 18.2 Å². The first-order valence-corrected chi connectivity index (χ1v) is 12.4. The van der Waals surface area contributed by atoms with Crippen molar-refractivity contribution in [3.8, 4) is 5.69 Å². The number of rotatable bonds is 7. The summed E-state index contributed by atoms with van der Waals surface area (Å²) in [6, 6.07) is 12.4. The fourth-order valence-electron chi connectivity index (χ4n) is 3.94. The first kappa shape index (κ1) is 22.3. The number of likely N-dealkylation sites (tertiary alicyclic amines) is 1. The molecule has 0 radical (unpaired) electrons. The van der Waals surface area contributed by atoms with Gasteiger partial charge < -0.3 is 14.8 Å². The molecule has 0 bridgehead atoms. The van der Waals surface area contributed by atoms with Crippen molar-refractivity contribution < 1.29 is 13.2 Å². The lowest BCUT2D eigenvalue weighted by Gasteiger charge is -2.31. The number of benzene rings is 1. The van der Waals surface area contributed by atoms with Crippen LogP contribution < -0.4 is 5.32 Å². The minimum Gasteiger partial charge on any atom is -0.350 e. The van der Waals surface area contributed by atoms with E-state index in [4.69, 9.17) is 0 Å². The zero-order chi connectivity index (χ0) is 21.7. The molecule has 0 aliphatic carbocycles. The Kier molecular flexibility index (Phi) is 7.15. The lowest BCUT2D eigenvalue weighted by Crippen LogP contribution is -2.45. The van der Waals surface area contributed by atoms with Crippen molar-refractivity contribution >= 4 is 21.8 Å². The van der Waals surface area contributed by atoms with Crippen molar-refractivity contribution in [2.24, 2.45) is 0 Å². The maximum absolute atomic E-state index is 12.4. The summed E-state index contributed by atoms with van der Waals surface area (Å²) < 4.78 is 24.8. The highest BCUT2D eigenvalue weighted by Gasteiger charge is 2.20. The molecule has 0 unspecified atom stereocenters. The molecule has 30 heavy (non-hydrogen) atoms. The second-order valence-corrected chi connectivity index (χ2v) is 10.3. The van der Waals surface area contributed by atoms with Gasteiger partial charge in [0.25, 0.3) is 0 Å². The molecule has 1 aromatic heterocycles. The fraction of sp³-hybridized carbons (Fsp3) is 0.435. The standard InChI is InChI=1S/C23H31N3O3S/c1-18-17-20(19(2)26(18)22-7-5-4-6-8-22)9-10-23(27)24-21-11-13-25(14-12-21)15-16-30(3,28)29/h4-10,17,21H,11-16H2,1-3H3,(H,24,27). The van der Waals surface area contributed by atoms with E-state index >= 15 is 0 Å². The van der Waals surface area contributed by atoms with E-state index in [0.29, 0.717) is 6.54 Å². The van der Waals surface area contributed by atoms with Gasteiger partial charge in [0.1, 0.15) is 9.84 Å². The normalized spacial score (nSPS) is 16.2. The van der Waals surface area contributed by atoms with E-state index in [2.05, 4.69) is 46.8 Å². The molecular weight excluding hydrogens is 398 g/mol. The van der Waals surface area contributed by atoms with E-state index in [1.54, 1.807) is 6.08 Å². The molecule has 1 saturated heterocycles. The van der Waals surface area contributed by atoms with Crippen LogP contribution in [0.3, 0.4) is 0 Å². The van der Waals surface area contributed by atoms with E-state index in [0.717, 1.165) is 48.6 Å². The molecule has 1 amide bonds. The average Bonchev–Trinajstić information content (AvgIpc) is 2.99. The van der Waals surface area contributed by atoms with Gasteiger partial charge in [-0.3, -0.25) is 4.79 Å². The molecule has 0 saturated carbocycles. The van der Waals surface area contributed by atoms with Crippen LogP contribution in [0.15, 0.2) is 42.5 Å². The molecule has 1 aliphatic rings. The Morgan fingerprint density at radius 3 is 2.47 bits per heavy atom. The van der Waals surface area contributed by atoms with E-state index in [-0.39, 0.29) is 17.7 Å². The second kappa shape index (κ2) is 9.62. The second-order valence-electron chi connectivity index (χ2n) is 8.09. The van der Waals surface area contributed by atoms with E-state index < -0.39 is 9.84 Å². The van der Waals surface area contributed by atoms with Crippen molar-refractivity contribution in [3.05, 3.63) is 59.4 Å². The highest BCUT2D eigenvalue weighted by atomic mass is 32.2. The van der Waals surface area contributed by atoms with Gasteiger partial charge in [-0.05, 0) is 56.5 Å². The van der Waals surface area contributed by atoms with Gasteiger partial charge in [-0.25, -0.2) is 8.42 Å². The summed E-state index contributed by atoms with van der Waals surface area (Å²) >= 11 is 0. The number of hydrogen-bond acceptors (Lipinski definition) is 4. The molecule has 7 heteroatoms. The third-order valence-electron chi connectivity index (χ3n) is 5.61. The molecule has 0 atom stereocenters. The number of piperidine rings is 1. The number of para-hydroxylation sites is 1. The summed E-state index contributed by atoms with van der Waals surface area (Å²) in [5.74, 6) is 0.0999. The summed E-state index contributed by atoms with van der Waals surface area (Å²) in [5, 5.41) is 3.08. The van der Waals surface area contributed by atoms with Crippen LogP contribution in [0, 0.1) is 13.8 Å². The molecule has 1 N–H and O–H groups in total. The van der Waals surface area contributed by atoms with Crippen LogP contribution >= 0.6 is 0 Å². The monoisotopic (exact) mass is 429 g/mol. The number of amides is 1. The number of hydrogen-bond donors (Lipinski definition) is 1. The number of aryl methyl sites for hydroxylation is 1. The molecule has 2 heterocycles. The van der Waals surface area contributed by atoms with Gasteiger partial charge >= 0.3 is 0 Å². The van der Waals surface area contributed by atoms with Crippen LogP contribution in [0.25, 0.3) is 11.8 Å². The molecular formula is C23H31N3O3S. The van der Waals surface area contributed by atoms with Gasteiger partial charge in [0, 0.05) is 55.1 Å². The van der Waals surface area contributed by atoms with Crippen LogP contribution in [-0.2, 0) is 14.6 Å². The number of nitrogens with zero attached hydrogens (tertiary/aromatic N) is 2. The van der Waals surface area contributed by atoms with Crippen LogP contribution in [0.2, 0.25) is 0 Å². The summed E-state index contributed by atoms with van der Waals surface area (Å²) in [7, 11) is -2.93. The Morgan fingerprint density at radius 2 is 1.83 bits per heavy atom. The first-order valence-electron chi connectivity index (χ1n) is 10.4. The SMILES string of the molecule is Cc1cc(C=CC(=O)NC2CCN(CCS(C)(=O)=O)CC2)c(C)n1-c1ccccc1. The van der Waals surface area contributed by atoms with E-state index in [1.165, 1.54) is 6.26 Å². The van der Waals surface area contributed by atoms with Gasteiger partial charge in [-0.2, -0.15) is 0 Å². The number of sulfone groups is 1. The Morgan fingerprint density at radius 1 is 1.17 bits per heavy atom. The van der Waals surface area contributed by atoms with Crippen molar-refractivity contribution in [1.29, 1.82) is 0 Å². The number of carbonyl (C=O) groups excluding carboxylic acids is 1. The number of nitrogens with one attached hydrogen (secondary N) is 1. The predicted octanol–water partition coefficient (Wildman–Crippen LogP) is 2.73. The molecule has 3 rings (SSSR count). The number of aromatic nitrogens is 1. The quantitative estimate of drug-likeness (QED) is 0.687. The predicted molar refractivity (Wildman–Crippen MR) is 122 cm³/mol. The third-order valence-corrected chi connectivity index (χ3v) is 6.54. The highest BCUT2D eigenvalue weighted by Crippen LogP contribution is 2.21. The molecule has 1 fully saturated rings. The highest BCUT2D eigenvalue weighted by molar-refractivity contribution is 7.90. The Hall–Kier alpha value is -2.38. The Labute approximate surface area is 179 Å². The summed E-state index contributed by atoms with van der Waals surface area (Å²) in [6.07, 6.45) is 6.42. The number of carbonyl (C=O) groups is 1. The van der Waals surface area contributed by atoms with Gasteiger partial charge in [0.2, 0.25) is 5.91 Å². The summed E-state index contributed by atoms with van der Waals surface area (Å²) in [5.41, 5.74) is 4.36. The molecule has 1 aliphatic heterocycles. The summed E-state index contributed by atoms with van der Waals surface area (Å²) in [6.45, 7) is 6.31. The van der Waals surface area contributed by atoms with Crippen molar-refractivity contribution in [2.75, 3.05) is 31.6 Å². The smallest absolute Gasteiger partial charge is 0.244 e. The van der Waals surface area contributed by atoms with Crippen LogP contribution in [0.1, 0.15) is 29.8 Å². The zero-order valence-electron chi connectivity index (χ0n) is 18.0. The molecule has 1 aromatic carbocycles. The lowest BCUT2D eigenvalue weighted by atomic mass is 10.1. The lowest BCUT2D eigenvalue weighted by molar-refractivity contribution is -0.117. The third kappa shape index (κ3) is 6.06. The van der Waals surface area contributed by atoms with E-state index in [9.17, 15) is 13.2 Å². The Balaban J connectivity index is 1.54. The molecule has 2 aromatic rings. The molecule has 162 valence electrons. The van der Waals surface area contributed by atoms with Crippen LogP contribution in [-0.4, -0.2) is 61.5 Å². The van der Waals surface area contributed by atoms with Crippen molar-refractivity contribution in [2.45, 2.75) is 32.7 Å². The summed E-state index contributed by atoms with van der Waals surface area (Å²) in [4.78, 5) is 14.5. The van der Waals surface area contributed by atoms with Crippen LogP contribution in [0.4, 0.5) is 0 Å². The van der Waals surface area contributed by atoms with Gasteiger partial charge in [0.05, 0.1) is 5.75 Å². The maximum Gasteiger partial charge on any atom is 0.244 e. The van der Waals surface area contributed by atoms with E-state index in [1.807, 2.05) is 24.3 Å². The Bertz CT molecular complexity index is 1000. The van der Waals surface area contributed by atoms with Gasteiger partial charge in [-0.15, -0.1) is 0 Å². The maximum atomic E-state index is 12.4. The minimum absolute atomic E-state index is 0.0888. The minimum atomic E-state index is -2.93. The molecule has 0 spiro atoms. The largest absolute Gasteiger partial charge is 0.350 e. The van der Waals surface area contributed by atoms with Gasteiger partial charge in [0.15, 0.2) is 0 Å². The average molecular weight is 430 g/mol. The molecule has 6 nitrogen and oxygen atoms in total. The van der Waals surface area contributed by atoms with Crippen molar-refractivity contribution in [1.82, 2.24) is 14.8 Å². The zero-order valence-corrected chi connectivity index (χ0v) is 18.8. The fourth-order valence-corrected chi connectivity index (χ4v) is 4.53.